The Balaban J connectivity index is 2.35. The van der Waals surface area contributed by atoms with E-state index < -0.39 is 0 Å². The van der Waals surface area contributed by atoms with Crippen LogP contribution in [0.1, 0.15) is 19.8 Å². The van der Waals surface area contributed by atoms with Crippen LogP contribution in [-0.4, -0.2) is 50.7 Å². The fourth-order valence-electron chi connectivity index (χ4n) is 2.02. The maximum atomic E-state index is 11.9. The summed E-state index contributed by atoms with van der Waals surface area (Å²) in [5.74, 6) is 0.341. The number of carbonyl (C=O) groups excluding carboxylic acids is 1. The Bertz CT molecular complexity index is 201. The smallest absolute Gasteiger partial charge is 0.226 e. The summed E-state index contributed by atoms with van der Waals surface area (Å²) in [4.78, 5) is 13.9. The molecule has 0 aromatic rings. The van der Waals surface area contributed by atoms with Crippen LogP contribution in [0.3, 0.4) is 0 Å². The summed E-state index contributed by atoms with van der Waals surface area (Å²) >= 11 is 0. The van der Waals surface area contributed by atoms with Gasteiger partial charge in [0.25, 0.3) is 0 Å². The third-order valence-corrected chi connectivity index (χ3v) is 3.02. The normalized spacial score (nSPS) is 20.3. The minimum absolute atomic E-state index is 0.0779. The highest BCUT2D eigenvalue weighted by Crippen LogP contribution is 2.14. The number of hydrogen-bond acceptors (Lipinski definition) is 3. The lowest BCUT2D eigenvalue weighted by molar-refractivity contribution is -0.137. The van der Waals surface area contributed by atoms with Crippen molar-refractivity contribution < 1.29 is 9.53 Å². The molecule has 1 fully saturated rings. The molecule has 88 valence electrons. The van der Waals surface area contributed by atoms with Crippen LogP contribution in [0.5, 0.6) is 0 Å². The maximum Gasteiger partial charge on any atom is 0.226 e. The highest BCUT2D eigenvalue weighted by Gasteiger charge is 2.25. The highest BCUT2D eigenvalue weighted by molar-refractivity contribution is 5.78. The summed E-state index contributed by atoms with van der Waals surface area (Å²) in [6.07, 6.45) is 2.27. The van der Waals surface area contributed by atoms with Crippen molar-refractivity contribution in [2.75, 3.05) is 33.8 Å². The highest BCUT2D eigenvalue weighted by atomic mass is 16.5. The molecule has 0 bridgehead atoms. The van der Waals surface area contributed by atoms with Crippen molar-refractivity contribution in [3.8, 4) is 0 Å². The van der Waals surface area contributed by atoms with Crippen molar-refractivity contribution in [1.82, 2.24) is 10.2 Å². The predicted molar refractivity (Wildman–Crippen MR) is 59.7 cm³/mol. The van der Waals surface area contributed by atoms with Gasteiger partial charge in [0.15, 0.2) is 0 Å². The van der Waals surface area contributed by atoms with Crippen LogP contribution in [0, 0.1) is 5.92 Å². The molecule has 1 saturated heterocycles. The zero-order valence-corrected chi connectivity index (χ0v) is 9.95. The first kappa shape index (κ1) is 12.5. The third-order valence-electron chi connectivity index (χ3n) is 3.02. The number of ether oxygens (including phenoxy) is 1. The first-order valence-electron chi connectivity index (χ1n) is 5.65. The topological polar surface area (TPSA) is 41.6 Å². The monoisotopic (exact) mass is 214 g/mol. The molecule has 1 aliphatic rings. The first-order chi connectivity index (χ1) is 7.19. The van der Waals surface area contributed by atoms with Crippen LogP contribution in [0.4, 0.5) is 0 Å². The summed E-state index contributed by atoms with van der Waals surface area (Å²) in [5.41, 5.74) is 0. The quantitative estimate of drug-likeness (QED) is 0.740. The standard InChI is InChI=1S/C11H22N2O2/c1-9(8-12-2)11(14)13-6-4-10(15-3)5-7-13/h9-10,12H,4-8H2,1-3H3. The molecule has 0 radical (unpaired) electrons. The minimum Gasteiger partial charge on any atom is -0.381 e. The van der Waals surface area contributed by atoms with Gasteiger partial charge in [-0.15, -0.1) is 0 Å². The van der Waals surface area contributed by atoms with Gasteiger partial charge in [0.05, 0.1) is 6.10 Å². The van der Waals surface area contributed by atoms with Crippen LogP contribution in [-0.2, 0) is 9.53 Å². The molecule has 0 saturated carbocycles. The zero-order valence-electron chi connectivity index (χ0n) is 9.95. The van der Waals surface area contributed by atoms with Crippen LogP contribution >= 0.6 is 0 Å². The number of nitrogens with zero attached hydrogens (tertiary/aromatic N) is 1. The average molecular weight is 214 g/mol. The summed E-state index contributed by atoms with van der Waals surface area (Å²) < 4.78 is 5.28. The molecule has 4 nitrogen and oxygen atoms in total. The summed E-state index contributed by atoms with van der Waals surface area (Å²) in [5, 5.41) is 3.04. The van der Waals surface area contributed by atoms with Crippen LogP contribution < -0.4 is 5.32 Å². The van der Waals surface area contributed by atoms with Gasteiger partial charge >= 0.3 is 0 Å². The maximum absolute atomic E-state index is 11.9. The van der Waals surface area contributed by atoms with E-state index in [0.29, 0.717) is 6.10 Å². The number of methoxy groups -OCH3 is 1. The van der Waals surface area contributed by atoms with Gasteiger partial charge in [0, 0.05) is 32.7 Å². The van der Waals surface area contributed by atoms with Gasteiger partial charge in [0.2, 0.25) is 5.91 Å². The SMILES string of the molecule is CNCC(C)C(=O)N1CCC(OC)CC1. The lowest BCUT2D eigenvalue weighted by Crippen LogP contribution is -2.44. The van der Waals surface area contributed by atoms with Crippen LogP contribution in [0.2, 0.25) is 0 Å². The Morgan fingerprint density at radius 3 is 2.60 bits per heavy atom. The molecule has 4 heteroatoms. The Morgan fingerprint density at radius 2 is 2.13 bits per heavy atom. The zero-order chi connectivity index (χ0) is 11.3. The van der Waals surface area contributed by atoms with Crippen molar-refractivity contribution in [2.45, 2.75) is 25.9 Å². The number of amides is 1. The molecular formula is C11H22N2O2. The van der Waals surface area contributed by atoms with Gasteiger partial charge < -0.3 is 15.0 Å². The van der Waals surface area contributed by atoms with Crippen molar-refractivity contribution in [3.63, 3.8) is 0 Å². The summed E-state index contributed by atoms with van der Waals surface area (Å²) in [6, 6.07) is 0. The fourth-order valence-corrected chi connectivity index (χ4v) is 2.02. The Labute approximate surface area is 92.0 Å². The number of rotatable bonds is 4. The number of nitrogens with one attached hydrogen (secondary N) is 1. The lowest BCUT2D eigenvalue weighted by atomic mass is 10.0. The molecule has 1 heterocycles. The molecule has 1 N–H and O–H groups in total. The Hall–Kier alpha value is -0.610. The number of hydrogen-bond donors (Lipinski definition) is 1. The van der Waals surface area contributed by atoms with Gasteiger partial charge in [-0.3, -0.25) is 4.79 Å². The van der Waals surface area contributed by atoms with E-state index in [1.807, 2.05) is 18.9 Å². The average Bonchev–Trinajstić information content (AvgIpc) is 2.28. The summed E-state index contributed by atoms with van der Waals surface area (Å²) in [6.45, 7) is 4.40. The van der Waals surface area contributed by atoms with Gasteiger partial charge in [-0.05, 0) is 19.9 Å². The van der Waals surface area contributed by atoms with E-state index in [0.717, 1.165) is 32.5 Å². The molecular weight excluding hydrogens is 192 g/mol. The van der Waals surface area contributed by atoms with Crippen molar-refractivity contribution in [3.05, 3.63) is 0 Å². The molecule has 1 unspecified atom stereocenters. The molecule has 1 atom stereocenters. The van der Waals surface area contributed by atoms with Crippen LogP contribution in [0.25, 0.3) is 0 Å². The molecule has 1 rings (SSSR count). The predicted octanol–water partition coefficient (Wildman–Crippen LogP) is 0.479. The second-order valence-corrected chi connectivity index (χ2v) is 4.22. The molecule has 0 aromatic heterocycles. The molecule has 1 amide bonds. The number of carbonyl (C=O) groups is 1. The van der Waals surface area contributed by atoms with E-state index in [1.165, 1.54) is 0 Å². The van der Waals surface area contributed by atoms with Gasteiger partial charge in [-0.1, -0.05) is 6.92 Å². The van der Waals surface area contributed by atoms with Gasteiger partial charge in [-0.25, -0.2) is 0 Å². The van der Waals surface area contributed by atoms with E-state index >= 15 is 0 Å². The minimum atomic E-state index is 0.0779. The Kier molecular flexibility index (Phi) is 5.05. The molecule has 1 aliphatic heterocycles. The fraction of sp³-hybridized carbons (Fsp3) is 0.909. The van der Waals surface area contributed by atoms with E-state index in [9.17, 15) is 4.79 Å². The second kappa shape index (κ2) is 6.08. The van der Waals surface area contributed by atoms with Crippen molar-refractivity contribution in [2.24, 2.45) is 5.92 Å². The number of likely N-dealkylation sites (tertiary alicyclic amines) is 1. The van der Waals surface area contributed by atoms with Crippen molar-refractivity contribution in [1.29, 1.82) is 0 Å². The lowest BCUT2D eigenvalue weighted by Gasteiger charge is -2.32. The van der Waals surface area contributed by atoms with E-state index in [1.54, 1.807) is 7.11 Å². The largest absolute Gasteiger partial charge is 0.381 e. The summed E-state index contributed by atoms with van der Waals surface area (Å²) in [7, 11) is 3.62. The first-order valence-corrected chi connectivity index (χ1v) is 5.65. The van der Waals surface area contributed by atoms with E-state index in [2.05, 4.69) is 5.32 Å². The Morgan fingerprint density at radius 1 is 1.53 bits per heavy atom. The molecule has 0 aromatic carbocycles. The molecule has 0 spiro atoms. The van der Waals surface area contributed by atoms with Crippen molar-refractivity contribution >= 4 is 5.91 Å². The van der Waals surface area contributed by atoms with E-state index in [4.69, 9.17) is 4.74 Å². The third kappa shape index (κ3) is 3.47. The molecule has 15 heavy (non-hydrogen) atoms. The molecule has 0 aliphatic carbocycles. The van der Waals surface area contributed by atoms with Crippen LogP contribution in [0.15, 0.2) is 0 Å². The second-order valence-electron chi connectivity index (χ2n) is 4.22. The van der Waals surface area contributed by atoms with Gasteiger partial charge in [-0.2, -0.15) is 0 Å². The number of piperidine rings is 1. The van der Waals surface area contributed by atoms with Gasteiger partial charge in [0.1, 0.15) is 0 Å². The van der Waals surface area contributed by atoms with E-state index in [-0.39, 0.29) is 11.8 Å².